The molecule has 2 atom stereocenters. The molecule has 2 rings (SSSR count). The molecular weight excluding hydrogens is 288 g/mol. The minimum atomic E-state index is -2.92. The molecule has 1 N–H and O–H groups in total. The molecular formula is C13H17ClO4S. The van der Waals surface area contributed by atoms with Crippen molar-refractivity contribution in [2.24, 2.45) is 11.8 Å². The van der Waals surface area contributed by atoms with E-state index in [1.807, 2.05) is 0 Å². The maximum atomic E-state index is 11.4. The Labute approximate surface area is 118 Å². The van der Waals surface area contributed by atoms with Gasteiger partial charge in [0.15, 0.2) is 9.84 Å². The van der Waals surface area contributed by atoms with Gasteiger partial charge in [0.05, 0.1) is 18.1 Å². The van der Waals surface area contributed by atoms with Gasteiger partial charge in [-0.1, -0.05) is 11.6 Å². The number of ether oxygens (including phenoxy) is 1. The van der Waals surface area contributed by atoms with Crippen molar-refractivity contribution in [1.82, 2.24) is 0 Å². The van der Waals surface area contributed by atoms with Crippen LogP contribution in [0.4, 0.5) is 0 Å². The second-order valence-electron chi connectivity index (χ2n) is 4.87. The monoisotopic (exact) mass is 304 g/mol. The zero-order valence-corrected chi connectivity index (χ0v) is 12.0. The lowest BCUT2D eigenvalue weighted by molar-refractivity contribution is 0.126. The van der Waals surface area contributed by atoms with Crippen LogP contribution >= 0.6 is 11.6 Å². The Balaban J connectivity index is 1.91. The predicted octanol–water partition coefficient (Wildman–Crippen LogP) is 1.76. The Kier molecular flexibility index (Phi) is 4.71. The fourth-order valence-corrected chi connectivity index (χ4v) is 4.31. The molecule has 0 amide bonds. The number of hydrogen-bond donors (Lipinski definition) is 1. The molecule has 2 unspecified atom stereocenters. The summed E-state index contributed by atoms with van der Waals surface area (Å²) in [5.74, 6) is 0.885. The lowest BCUT2D eigenvalue weighted by Crippen LogP contribution is -2.26. The molecule has 0 saturated carbocycles. The topological polar surface area (TPSA) is 63.6 Å². The lowest BCUT2D eigenvalue weighted by Gasteiger charge is -2.20. The highest BCUT2D eigenvalue weighted by Gasteiger charge is 2.33. The maximum absolute atomic E-state index is 11.4. The summed E-state index contributed by atoms with van der Waals surface area (Å²) >= 11 is 5.77. The quantitative estimate of drug-likeness (QED) is 0.900. The minimum absolute atomic E-state index is 0.0118. The SMILES string of the molecule is O=S1(=O)CCC(C(CO)COc2ccc(Cl)cc2)C1. The third kappa shape index (κ3) is 4.09. The third-order valence-electron chi connectivity index (χ3n) is 3.45. The van der Waals surface area contributed by atoms with E-state index in [0.717, 1.165) is 0 Å². The molecule has 4 nitrogen and oxygen atoms in total. The van der Waals surface area contributed by atoms with Crippen molar-refractivity contribution in [1.29, 1.82) is 0 Å². The first kappa shape index (κ1) is 14.6. The van der Waals surface area contributed by atoms with E-state index in [9.17, 15) is 13.5 Å². The Morgan fingerprint density at radius 1 is 1.37 bits per heavy atom. The normalized spacial score (nSPS) is 23.2. The number of aliphatic hydroxyl groups is 1. The highest BCUT2D eigenvalue weighted by atomic mass is 35.5. The van der Waals surface area contributed by atoms with E-state index in [0.29, 0.717) is 23.8 Å². The van der Waals surface area contributed by atoms with Crippen molar-refractivity contribution in [2.75, 3.05) is 24.7 Å². The molecule has 1 aliphatic heterocycles. The number of sulfone groups is 1. The fourth-order valence-electron chi connectivity index (χ4n) is 2.27. The second-order valence-corrected chi connectivity index (χ2v) is 7.54. The lowest BCUT2D eigenvalue weighted by atomic mass is 9.93. The number of rotatable bonds is 5. The van der Waals surface area contributed by atoms with Crippen molar-refractivity contribution >= 4 is 21.4 Å². The van der Waals surface area contributed by atoms with Crippen molar-refractivity contribution in [3.05, 3.63) is 29.3 Å². The number of benzene rings is 1. The Bertz CT molecular complexity index is 512. The van der Waals surface area contributed by atoms with E-state index in [1.165, 1.54) is 0 Å². The summed E-state index contributed by atoms with van der Waals surface area (Å²) in [7, 11) is -2.92. The van der Waals surface area contributed by atoms with E-state index in [2.05, 4.69) is 0 Å². The predicted molar refractivity (Wildman–Crippen MR) is 74.3 cm³/mol. The summed E-state index contributed by atoms with van der Waals surface area (Å²) in [5, 5.41) is 10.0. The Morgan fingerprint density at radius 2 is 2.05 bits per heavy atom. The number of aliphatic hydroxyl groups excluding tert-OH is 1. The minimum Gasteiger partial charge on any atom is -0.493 e. The second kappa shape index (κ2) is 6.11. The fraction of sp³-hybridized carbons (Fsp3) is 0.538. The molecule has 0 aromatic heterocycles. The molecule has 106 valence electrons. The average Bonchev–Trinajstić information content (AvgIpc) is 2.73. The van der Waals surface area contributed by atoms with Crippen molar-refractivity contribution in [3.63, 3.8) is 0 Å². The Morgan fingerprint density at radius 3 is 2.58 bits per heavy atom. The van der Waals surface area contributed by atoms with Crippen LogP contribution in [-0.4, -0.2) is 38.2 Å². The summed E-state index contributed by atoms with van der Waals surface area (Å²) in [6, 6.07) is 6.96. The van der Waals surface area contributed by atoms with Crippen LogP contribution in [0, 0.1) is 11.8 Å². The van der Waals surface area contributed by atoms with Crippen molar-refractivity contribution < 1.29 is 18.3 Å². The molecule has 1 heterocycles. The highest BCUT2D eigenvalue weighted by molar-refractivity contribution is 7.91. The van der Waals surface area contributed by atoms with Gasteiger partial charge in [0.2, 0.25) is 0 Å². The number of halogens is 1. The van der Waals surface area contributed by atoms with Gasteiger partial charge in [0.25, 0.3) is 0 Å². The smallest absolute Gasteiger partial charge is 0.150 e. The van der Waals surface area contributed by atoms with Crippen molar-refractivity contribution in [2.45, 2.75) is 6.42 Å². The number of hydrogen-bond acceptors (Lipinski definition) is 4. The van der Waals surface area contributed by atoms with Crippen LogP contribution < -0.4 is 4.74 Å². The van der Waals surface area contributed by atoms with Crippen LogP contribution in [0.1, 0.15) is 6.42 Å². The summed E-state index contributed by atoms with van der Waals surface area (Å²) < 4.78 is 28.5. The molecule has 0 aliphatic carbocycles. The van der Waals surface area contributed by atoms with E-state index in [4.69, 9.17) is 16.3 Å². The van der Waals surface area contributed by atoms with E-state index >= 15 is 0 Å². The largest absolute Gasteiger partial charge is 0.493 e. The van der Waals surface area contributed by atoms with Gasteiger partial charge in [-0.2, -0.15) is 0 Å². The summed E-state index contributed by atoms with van der Waals surface area (Å²) in [6.07, 6.45) is 0.609. The van der Waals surface area contributed by atoms with Gasteiger partial charge in [0, 0.05) is 17.5 Å². The van der Waals surface area contributed by atoms with Crippen LogP contribution in [0.3, 0.4) is 0 Å². The van der Waals surface area contributed by atoms with Gasteiger partial charge in [-0.05, 0) is 36.6 Å². The maximum Gasteiger partial charge on any atom is 0.150 e. The molecule has 6 heteroatoms. The van der Waals surface area contributed by atoms with Crippen molar-refractivity contribution in [3.8, 4) is 5.75 Å². The van der Waals surface area contributed by atoms with E-state index in [1.54, 1.807) is 24.3 Å². The Hall–Kier alpha value is -0.780. The summed E-state index contributed by atoms with van der Waals surface area (Å²) in [5.41, 5.74) is 0. The standard InChI is InChI=1S/C13H17ClO4S/c14-12-1-3-13(4-2-12)18-8-11(7-15)10-5-6-19(16,17)9-10/h1-4,10-11,15H,5-9H2. The molecule has 0 spiro atoms. The van der Waals surface area contributed by atoms with Crippen LogP contribution in [0.2, 0.25) is 5.02 Å². The molecule has 19 heavy (non-hydrogen) atoms. The molecule has 1 aliphatic rings. The first-order chi connectivity index (χ1) is 9.00. The molecule has 1 saturated heterocycles. The van der Waals surface area contributed by atoms with E-state index in [-0.39, 0.29) is 29.9 Å². The van der Waals surface area contributed by atoms with E-state index < -0.39 is 9.84 Å². The van der Waals surface area contributed by atoms with Gasteiger partial charge in [0.1, 0.15) is 5.75 Å². The first-order valence-corrected chi connectivity index (χ1v) is 8.40. The molecule has 0 bridgehead atoms. The molecule has 0 radical (unpaired) electrons. The van der Waals surface area contributed by atoms with Gasteiger partial charge in [-0.3, -0.25) is 0 Å². The average molecular weight is 305 g/mol. The van der Waals surface area contributed by atoms with Gasteiger partial charge >= 0.3 is 0 Å². The van der Waals surface area contributed by atoms with Crippen LogP contribution in [0.25, 0.3) is 0 Å². The molecule has 1 aromatic carbocycles. The molecule has 1 fully saturated rings. The van der Waals surface area contributed by atoms with Gasteiger partial charge in [-0.25, -0.2) is 8.42 Å². The third-order valence-corrected chi connectivity index (χ3v) is 5.49. The molecule has 1 aromatic rings. The van der Waals surface area contributed by atoms with Gasteiger partial charge < -0.3 is 9.84 Å². The van der Waals surface area contributed by atoms with Gasteiger partial charge in [-0.15, -0.1) is 0 Å². The van der Waals surface area contributed by atoms with Crippen LogP contribution in [0.15, 0.2) is 24.3 Å². The zero-order chi connectivity index (χ0) is 13.9. The highest BCUT2D eigenvalue weighted by Crippen LogP contribution is 2.27. The zero-order valence-electron chi connectivity index (χ0n) is 10.5. The summed E-state index contributed by atoms with van der Waals surface area (Å²) in [4.78, 5) is 0. The first-order valence-electron chi connectivity index (χ1n) is 6.20. The van der Waals surface area contributed by atoms with Crippen LogP contribution in [0.5, 0.6) is 5.75 Å². The van der Waals surface area contributed by atoms with Crippen LogP contribution in [-0.2, 0) is 9.84 Å². The summed E-state index contributed by atoms with van der Waals surface area (Å²) in [6.45, 7) is 0.256.